The largest absolute Gasteiger partial charge is 0.395 e. The van der Waals surface area contributed by atoms with Gasteiger partial charge < -0.3 is 15.2 Å². The Morgan fingerprint density at radius 2 is 2.25 bits per heavy atom. The Balaban J connectivity index is 1.58. The first kappa shape index (κ1) is 12.7. The van der Waals surface area contributed by atoms with Gasteiger partial charge in [0.05, 0.1) is 12.7 Å². The SMILES string of the molecule is CC1OCCC1SCCC(CO)NC1CC1. The van der Waals surface area contributed by atoms with E-state index in [0.717, 1.165) is 18.8 Å². The molecule has 0 bridgehead atoms. The molecule has 0 aromatic rings. The highest BCUT2D eigenvalue weighted by Crippen LogP contribution is 2.27. The quantitative estimate of drug-likeness (QED) is 0.711. The molecule has 0 radical (unpaired) electrons. The Labute approximate surface area is 102 Å². The van der Waals surface area contributed by atoms with Crippen LogP contribution in [0.2, 0.25) is 0 Å². The molecule has 2 rings (SSSR count). The minimum Gasteiger partial charge on any atom is -0.395 e. The van der Waals surface area contributed by atoms with E-state index in [1.807, 2.05) is 11.8 Å². The molecule has 0 amide bonds. The molecule has 3 atom stereocenters. The van der Waals surface area contributed by atoms with Gasteiger partial charge >= 0.3 is 0 Å². The zero-order chi connectivity index (χ0) is 11.4. The Hall–Kier alpha value is 0.230. The van der Waals surface area contributed by atoms with Crippen molar-refractivity contribution in [2.45, 2.75) is 56.0 Å². The van der Waals surface area contributed by atoms with Crippen LogP contribution in [-0.4, -0.2) is 47.5 Å². The van der Waals surface area contributed by atoms with Gasteiger partial charge in [0.25, 0.3) is 0 Å². The summed E-state index contributed by atoms with van der Waals surface area (Å²) in [7, 11) is 0. The fraction of sp³-hybridized carbons (Fsp3) is 1.00. The first-order valence-corrected chi connectivity index (χ1v) is 7.44. The third-order valence-corrected chi connectivity index (χ3v) is 4.89. The van der Waals surface area contributed by atoms with Crippen LogP contribution >= 0.6 is 11.8 Å². The molecule has 0 spiro atoms. The smallest absolute Gasteiger partial charge is 0.0666 e. The number of ether oxygens (including phenoxy) is 1. The van der Waals surface area contributed by atoms with Gasteiger partial charge in [-0.1, -0.05) is 0 Å². The molecular weight excluding hydrogens is 222 g/mol. The number of hydrogen-bond acceptors (Lipinski definition) is 4. The number of rotatable bonds is 7. The van der Waals surface area contributed by atoms with Gasteiger partial charge in [0.2, 0.25) is 0 Å². The minimum absolute atomic E-state index is 0.272. The number of nitrogens with one attached hydrogen (secondary N) is 1. The van der Waals surface area contributed by atoms with E-state index in [1.165, 1.54) is 19.3 Å². The Kier molecular flexibility index (Phi) is 4.95. The van der Waals surface area contributed by atoms with Crippen LogP contribution in [0.4, 0.5) is 0 Å². The first-order chi connectivity index (χ1) is 7.79. The van der Waals surface area contributed by atoms with Crippen LogP contribution in [0.3, 0.4) is 0 Å². The van der Waals surface area contributed by atoms with E-state index in [9.17, 15) is 5.11 Å². The second-order valence-corrected chi connectivity index (χ2v) is 6.23. The Morgan fingerprint density at radius 1 is 1.44 bits per heavy atom. The van der Waals surface area contributed by atoms with E-state index in [4.69, 9.17) is 4.74 Å². The van der Waals surface area contributed by atoms with Crippen LogP contribution < -0.4 is 5.32 Å². The highest BCUT2D eigenvalue weighted by atomic mass is 32.2. The molecule has 1 aliphatic carbocycles. The van der Waals surface area contributed by atoms with Crippen molar-refractivity contribution in [2.24, 2.45) is 0 Å². The molecule has 3 nitrogen and oxygen atoms in total. The van der Waals surface area contributed by atoms with Crippen LogP contribution in [-0.2, 0) is 4.74 Å². The molecule has 1 saturated carbocycles. The van der Waals surface area contributed by atoms with Crippen LogP contribution in [0.15, 0.2) is 0 Å². The highest BCUT2D eigenvalue weighted by molar-refractivity contribution is 7.99. The lowest BCUT2D eigenvalue weighted by Crippen LogP contribution is -2.34. The maximum atomic E-state index is 9.25. The van der Waals surface area contributed by atoms with Gasteiger partial charge in [-0.2, -0.15) is 11.8 Å². The van der Waals surface area contributed by atoms with Crippen molar-refractivity contribution in [3.63, 3.8) is 0 Å². The molecule has 1 aliphatic heterocycles. The summed E-state index contributed by atoms with van der Waals surface area (Å²) in [6.45, 7) is 3.35. The van der Waals surface area contributed by atoms with E-state index in [0.29, 0.717) is 23.4 Å². The molecule has 1 saturated heterocycles. The zero-order valence-electron chi connectivity index (χ0n) is 10.0. The lowest BCUT2D eigenvalue weighted by Gasteiger charge is -2.18. The average molecular weight is 245 g/mol. The van der Waals surface area contributed by atoms with E-state index < -0.39 is 0 Å². The van der Waals surface area contributed by atoms with Gasteiger partial charge in [0, 0.05) is 23.9 Å². The Bertz CT molecular complexity index is 211. The first-order valence-electron chi connectivity index (χ1n) is 6.39. The van der Waals surface area contributed by atoms with Gasteiger partial charge in [0.1, 0.15) is 0 Å². The molecule has 1 heterocycles. The van der Waals surface area contributed by atoms with Crippen LogP contribution in [0.25, 0.3) is 0 Å². The summed E-state index contributed by atoms with van der Waals surface area (Å²) in [4.78, 5) is 0. The maximum Gasteiger partial charge on any atom is 0.0666 e. The second kappa shape index (κ2) is 6.24. The molecule has 2 fully saturated rings. The van der Waals surface area contributed by atoms with Crippen LogP contribution in [0.1, 0.15) is 32.6 Å². The van der Waals surface area contributed by atoms with Crippen molar-refractivity contribution >= 4 is 11.8 Å². The molecule has 3 unspecified atom stereocenters. The van der Waals surface area contributed by atoms with Gasteiger partial charge in [0.15, 0.2) is 0 Å². The molecule has 0 aromatic heterocycles. The fourth-order valence-electron chi connectivity index (χ4n) is 2.10. The number of aliphatic hydroxyl groups excluding tert-OH is 1. The summed E-state index contributed by atoms with van der Waals surface area (Å²) in [5.41, 5.74) is 0. The lowest BCUT2D eigenvalue weighted by atomic mass is 10.2. The van der Waals surface area contributed by atoms with E-state index in [1.54, 1.807) is 0 Å². The van der Waals surface area contributed by atoms with Crippen molar-refractivity contribution in [3.05, 3.63) is 0 Å². The highest BCUT2D eigenvalue weighted by Gasteiger charge is 2.26. The number of thioether (sulfide) groups is 1. The summed E-state index contributed by atoms with van der Waals surface area (Å²) < 4.78 is 5.54. The van der Waals surface area contributed by atoms with Gasteiger partial charge in [-0.15, -0.1) is 0 Å². The van der Waals surface area contributed by atoms with E-state index in [-0.39, 0.29) is 6.61 Å². The van der Waals surface area contributed by atoms with Gasteiger partial charge in [-0.25, -0.2) is 0 Å². The lowest BCUT2D eigenvalue weighted by molar-refractivity contribution is 0.127. The van der Waals surface area contributed by atoms with Gasteiger partial charge in [-0.05, 0) is 38.4 Å². The van der Waals surface area contributed by atoms with Crippen LogP contribution in [0.5, 0.6) is 0 Å². The van der Waals surface area contributed by atoms with E-state index >= 15 is 0 Å². The molecule has 94 valence electrons. The normalized spacial score (nSPS) is 31.9. The average Bonchev–Trinajstić information content (AvgIpc) is 3.01. The molecule has 4 heteroatoms. The molecule has 2 N–H and O–H groups in total. The standard InChI is InChI=1S/C12H23NO2S/c1-9-12(4-6-15-9)16-7-5-11(8-14)13-10-2-3-10/h9-14H,2-8H2,1H3. The summed E-state index contributed by atoms with van der Waals surface area (Å²) in [5, 5.41) is 13.4. The fourth-order valence-corrected chi connectivity index (χ4v) is 3.44. The predicted octanol–water partition coefficient (Wildman–Crippen LogP) is 1.40. The summed E-state index contributed by atoms with van der Waals surface area (Å²) in [5.74, 6) is 1.13. The summed E-state index contributed by atoms with van der Waals surface area (Å²) in [6.07, 6.45) is 5.25. The monoisotopic (exact) mass is 245 g/mol. The molecular formula is C12H23NO2S. The summed E-state index contributed by atoms with van der Waals surface area (Å²) in [6, 6.07) is 0.994. The van der Waals surface area contributed by atoms with Crippen molar-refractivity contribution < 1.29 is 9.84 Å². The van der Waals surface area contributed by atoms with E-state index in [2.05, 4.69) is 12.2 Å². The number of aliphatic hydroxyl groups is 1. The third-order valence-electron chi connectivity index (χ3n) is 3.37. The van der Waals surface area contributed by atoms with Crippen molar-refractivity contribution in [1.29, 1.82) is 0 Å². The molecule has 0 aromatic carbocycles. The zero-order valence-corrected chi connectivity index (χ0v) is 10.8. The predicted molar refractivity (Wildman–Crippen MR) is 67.9 cm³/mol. The summed E-state index contributed by atoms with van der Waals surface area (Å²) >= 11 is 2.01. The van der Waals surface area contributed by atoms with Gasteiger partial charge in [-0.3, -0.25) is 0 Å². The maximum absolute atomic E-state index is 9.25. The Morgan fingerprint density at radius 3 is 2.81 bits per heavy atom. The number of hydrogen-bond donors (Lipinski definition) is 2. The minimum atomic E-state index is 0.272. The molecule has 16 heavy (non-hydrogen) atoms. The topological polar surface area (TPSA) is 41.5 Å². The molecule has 2 aliphatic rings. The van der Waals surface area contributed by atoms with Crippen LogP contribution in [0, 0.1) is 0 Å². The van der Waals surface area contributed by atoms with Crippen molar-refractivity contribution in [1.82, 2.24) is 5.32 Å². The van der Waals surface area contributed by atoms with Crippen molar-refractivity contribution in [2.75, 3.05) is 19.0 Å². The third kappa shape index (κ3) is 3.91. The van der Waals surface area contributed by atoms with Crippen molar-refractivity contribution in [3.8, 4) is 0 Å². The second-order valence-electron chi connectivity index (χ2n) is 4.88.